The van der Waals surface area contributed by atoms with E-state index in [9.17, 15) is 0 Å². The summed E-state index contributed by atoms with van der Waals surface area (Å²) in [4.78, 5) is 13.8. The summed E-state index contributed by atoms with van der Waals surface area (Å²) in [5.41, 5.74) is 2.85. The molecule has 24 heavy (non-hydrogen) atoms. The number of anilines is 2. The lowest BCUT2D eigenvalue weighted by Gasteiger charge is -2.36. The standard InChI is InChI=1S/C19H27N5/c1-14-11-16-7-5-6-8-17(16)13-24(14)19-12-18(21-15(2)22-19)20-9-10-23(3)4/h5-8,12,14H,9-11,13H2,1-4H3,(H,20,21,22)/t14-/m0/s1. The van der Waals surface area contributed by atoms with Gasteiger partial charge >= 0.3 is 0 Å². The third-order valence-electron chi connectivity index (χ3n) is 4.49. The number of hydrogen-bond acceptors (Lipinski definition) is 5. The highest BCUT2D eigenvalue weighted by Crippen LogP contribution is 2.28. The first-order chi connectivity index (χ1) is 11.5. The van der Waals surface area contributed by atoms with Gasteiger partial charge in [-0.1, -0.05) is 24.3 Å². The molecule has 1 aliphatic rings. The van der Waals surface area contributed by atoms with Crippen molar-refractivity contribution in [1.29, 1.82) is 0 Å². The summed E-state index contributed by atoms with van der Waals surface area (Å²) in [5, 5.41) is 3.41. The van der Waals surface area contributed by atoms with Crippen molar-refractivity contribution in [1.82, 2.24) is 14.9 Å². The highest BCUT2D eigenvalue weighted by atomic mass is 15.2. The highest BCUT2D eigenvalue weighted by Gasteiger charge is 2.24. The van der Waals surface area contributed by atoms with Crippen molar-refractivity contribution in [2.45, 2.75) is 32.9 Å². The van der Waals surface area contributed by atoms with Gasteiger partial charge < -0.3 is 15.1 Å². The Balaban J connectivity index is 1.80. The van der Waals surface area contributed by atoms with Crippen LogP contribution in [0, 0.1) is 6.92 Å². The lowest BCUT2D eigenvalue weighted by molar-refractivity contribution is 0.425. The predicted octanol–water partition coefficient (Wildman–Crippen LogP) is 2.71. The van der Waals surface area contributed by atoms with Gasteiger partial charge in [0.15, 0.2) is 0 Å². The van der Waals surface area contributed by atoms with Crippen LogP contribution in [0.5, 0.6) is 0 Å². The summed E-state index contributed by atoms with van der Waals surface area (Å²) in [6.07, 6.45) is 1.06. The molecule has 5 heteroatoms. The number of rotatable bonds is 5. The molecule has 0 fully saturated rings. The van der Waals surface area contributed by atoms with Gasteiger partial charge in [-0.05, 0) is 45.5 Å². The molecule has 0 saturated heterocycles. The molecule has 2 aromatic rings. The highest BCUT2D eigenvalue weighted by molar-refractivity contribution is 5.52. The Morgan fingerprint density at radius 1 is 1.21 bits per heavy atom. The number of fused-ring (bicyclic) bond motifs is 1. The van der Waals surface area contributed by atoms with E-state index < -0.39 is 0 Å². The SMILES string of the molecule is Cc1nc(NCCN(C)C)cc(N2Cc3ccccc3C[C@@H]2C)n1. The first-order valence-electron chi connectivity index (χ1n) is 8.60. The van der Waals surface area contributed by atoms with Crippen molar-refractivity contribution in [3.63, 3.8) is 0 Å². The van der Waals surface area contributed by atoms with Gasteiger partial charge in [-0.15, -0.1) is 0 Å². The van der Waals surface area contributed by atoms with Crippen LogP contribution in [0.15, 0.2) is 30.3 Å². The quantitative estimate of drug-likeness (QED) is 0.916. The van der Waals surface area contributed by atoms with E-state index in [2.05, 4.69) is 76.4 Å². The molecule has 0 unspecified atom stereocenters. The molecule has 0 spiro atoms. The molecular formula is C19H27N5. The van der Waals surface area contributed by atoms with E-state index >= 15 is 0 Å². The van der Waals surface area contributed by atoms with E-state index in [4.69, 9.17) is 0 Å². The number of nitrogens with one attached hydrogen (secondary N) is 1. The zero-order valence-corrected chi connectivity index (χ0v) is 15.1. The van der Waals surface area contributed by atoms with Crippen molar-refractivity contribution < 1.29 is 0 Å². The predicted molar refractivity (Wildman–Crippen MR) is 99.6 cm³/mol. The van der Waals surface area contributed by atoms with Crippen LogP contribution in [0.1, 0.15) is 23.9 Å². The van der Waals surface area contributed by atoms with Gasteiger partial charge in [0.1, 0.15) is 17.5 Å². The first-order valence-corrected chi connectivity index (χ1v) is 8.60. The molecular weight excluding hydrogens is 298 g/mol. The van der Waals surface area contributed by atoms with Gasteiger partial charge in [-0.3, -0.25) is 0 Å². The number of aryl methyl sites for hydroxylation is 1. The average Bonchev–Trinajstić information content (AvgIpc) is 2.53. The second kappa shape index (κ2) is 7.18. The Kier molecular flexibility index (Phi) is 5.00. The van der Waals surface area contributed by atoms with Crippen molar-refractivity contribution >= 4 is 11.6 Å². The van der Waals surface area contributed by atoms with Crippen LogP contribution in [-0.2, 0) is 13.0 Å². The molecule has 5 nitrogen and oxygen atoms in total. The molecule has 3 rings (SSSR count). The van der Waals surface area contributed by atoms with Crippen molar-refractivity contribution in [2.75, 3.05) is 37.4 Å². The molecule has 0 bridgehead atoms. The fourth-order valence-corrected chi connectivity index (χ4v) is 3.18. The summed E-state index contributed by atoms with van der Waals surface area (Å²) in [7, 11) is 4.15. The second-order valence-corrected chi connectivity index (χ2v) is 6.84. The molecule has 0 saturated carbocycles. The fraction of sp³-hybridized carbons (Fsp3) is 0.474. The molecule has 1 aromatic carbocycles. The van der Waals surface area contributed by atoms with Gasteiger partial charge in [0.05, 0.1) is 0 Å². The second-order valence-electron chi connectivity index (χ2n) is 6.84. The molecule has 1 N–H and O–H groups in total. The maximum absolute atomic E-state index is 4.69. The maximum atomic E-state index is 4.69. The average molecular weight is 325 g/mol. The first kappa shape index (κ1) is 16.7. The third kappa shape index (κ3) is 3.85. The minimum atomic E-state index is 0.434. The van der Waals surface area contributed by atoms with E-state index in [0.29, 0.717) is 6.04 Å². The topological polar surface area (TPSA) is 44.3 Å². The monoisotopic (exact) mass is 325 g/mol. The lowest BCUT2D eigenvalue weighted by Crippen LogP contribution is -2.39. The number of hydrogen-bond donors (Lipinski definition) is 1. The third-order valence-corrected chi connectivity index (χ3v) is 4.49. The van der Waals surface area contributed by atoms with E-state index in [0.717, 1.165) is 43.5 Å². The smallest absolute Gasteiger partial charge is 0.134 e. The summed E-state index contributed by atoms with van der Waals surface area (Å²) in [6, 6.07) is 11.2. The molecule has 2 heterocycles. The maximum Gasteiger partial charge on any atom is 0.134 e. The van der Waals surface area contributed by atoms with Gasteiger partial charge in [-0.2, -0.15) is 0 Å². The van der Waals surface area contributed by atoms with E-state index in [1.54, 1.807) is 0 Å². The van der Waals surface area contributed by atoms with Gasteiger partial charge in [0.2, 0.25) is 0 Å². The molecule has 1 aliphatic heterocycles. The number of benzene rings is 1. The Bertz CT molecular complexity index is 698. The molecule has 1 aromatic heterocycles. The Morgan fingerprint density at radius 3 is 2.71 bits per heavy atom. The summed E-state index contributed by atoms with van der Waals surface area (Å²) >= 11 is 0. The van der Waals surface area contributed by atoms with E-state index in [-0.39, 0.29) is 0 Å². The van der Waals surface area contributed by atoms with E-state index in [1.165, 1.54) is 11.1 Å². The molecule has 1 atom stereocenters. The van der Waals surface area contributed by atoms with Crippen LogP contribution >= 0.6 is 0 Å². The molecule has 128 valence electrons. The van der Waals surface area contributed by atoms with Gasteiger partial charge in [0, 0.05) is 31.7 Å². The Labute approximate surface area is 144 Å². The summed E-state index contributed by atoms with van der Waals surface area (Å²) in [5.74, 6) is 2.73. The zero-order valence-electron chi connectivity index (χ0n) is 15.1. The molecule has 0 radical (unpaired) electrons. The lowest BCUT2D eigenvalue weighted by atomic mass is 9.95. The Morgan fingerprint density at radius 2 is 1.96 bits per heavy atom. The largest absolute Gasteiger partial charge is 0.369 e. The number of aromatic nitrogens is 2. The van der Waals surface area contributed by atoms with Crippen LogP contribution < -0.4 is 10.2 Å². The normalized spacial score (nSPS) is 17.0. The number of likely N-dealkylation sites (N-methyl/N-ethyl adjacent to an activating group) is 1. The van der Waals surface area contributed by atoms with Crippen LogP contribution in [0.25, 0.3) is 0 Å². The summed E-state index contributed by atoms with van der Waals surface area (Å²) < 4.78 is 0. The van der Waals surface area contributed by atoms with Crippen LogP contribution in [-0.4, -0.2) is 48.1 Å². The minimum Gasteiger partial charge on any atom is -0.369 e. The minimum absolute atomic E-state index is 0.434. The van der Waals surface area contributed by atoms with Gasteiger partial charge in [-0.25, -0.2) is 9.97 Å². The molecule has 0 aliphatic carbocycles. The van der Waals surface area contributed by atoms with Crippen molar-refractivity contribution in [3.05, 3.63) is 47.3 Å². The van der Waals surface area contributed by atoms with Gasteiger partial charge in [0.25, 0.3) is 0 Å². The Hall–Kier alpha value is -2.14. The number of nitrogens with zero attached hydrogens (tertiary/aromatic N) is 4. The zero-order chi connectivity index (χ0) is 17.1. The summed E-state index contributed by atoms with van der Waals surface area (Å²) in [6.45, 7) is 6.99. The fourth-order valence-electron chi connectivity index (χ4n) is 3.18. The van der Waals surface area contributed by atoms with Crippen molar-refractivity contribution in [3.8, 4) is 0 Å². The molecule has 0 amide bonds. The van der Waals surface area contributed by atoms with Crippen molar-refractivity contribution in [2.24, 2.45) is 0 Å². The van der Waals surface area contributed by atoms with E-state index in [1.807, 2.05) is 6.92 Å². The van der Waals surface area contributed by atoms with Crippen LogP contribution in [0.4, 0.5) is 11.6 Å². The van der Waals surface area contributed by atoms with Crippen LogP contribution in [0.2, 0.25) is 0 Å². The van der Waals surface area contributed by atoms with Crippen LogP contribution in [0.3, 0.4) is 0 Å².